The summed E-state index contributed by atoms with van der Waals surface area (Å²) in [5, 5.41) is 2.95. The number of carbonyl (C=O) groups excluding carboxylic acids is 2. The van der Waals surface area contributed by atoms with Crippen LogP contribution < -0.4 is 5.32 Å². The second-order valence-electron chi connectivity index (χ2n) is 14.2. The van der Waals surface area contributed by atoms with Gasteiger partial charge in [0.25, 0.3) is 0 Å². The van der Waals surface area contributed by atoms with Crippen molar-refractivity contribution >= 4 is 11.8 Å². The van der Waals surface area contributed by atoms with E-state index < -0.39 is 6.04 Å². The lowest BCUT2D eigenvalue weighted by atomic mass is 9.47. The molecule has 1 N–H and O–H groups in total. The Hall–Kier alpha value is -2.14. The molecule has 5 nitrogen and oxygen atoms in total. The minimum absolute atomic E-state index is 0.0352. The zero-order valence-electron chi connectivity index (χ0n) is 24.8. The van der Waals surface area contributed by atoms with Gasteiger partial charge in [0.2, 0.25) is 11.8 Å². The lowest BCUT2D eigenvalue weighted by Gasteiger charge is -2.58. The van der Waals surface area contributed by atoms with Crippen molar-refractivity contribution in [2.75, 3.05) is 20.6 Å². The topological polar surface area (TPSA) is 52.7 Å². The summed E-state index contributed by atoms with van der Waals surface area (Å²) in [5.41, 5.74) is 3.53. The third-order valence-corrected chi connectivity index (χ3v) is 12.5. The highest BCUT2D eigenvalue weighted by atomic mass is 16.2. The van der Waals surface area contributed by atoms with Gasteiger partial charge in [-0.3, -0.25) is 9.59 Å². The minimum atomic E-state index is -0.523. The smallest absolute Gasteiger partial charge is 0.245 e. The number of nitrogens with zero attached hydrogens (tertiary/aromatic N) is 2. The van der Waals surface area contributed by atoms with Gasteiger partial charge in [0.1, 0.15) is 6.04 Å². The van der Waals surface area contributed by atoms with Crippen molar-refractivity contribution < 1.29 is 9.59 Å². The highest BCUT2D eigenvalue weighted by Crippen LogP contribution is 2.68. The minimum Gasteiger partial charge on any atom is -0.344 e. The molecule has 1 aromatic rings. The second kappa shape index (κ2) is 10.0. The van der Waals surface area contributed by atoms with E-state index in [1.165, 1.54) is 52.0 Å². The normalized spacial score (nSPS) is 40.0. The van der Waals surface area contributed by atoms with Crippen molar-refractivity contribution in [1.82, 2.24) is 15.1 Å². The Morgan fingerprint density at radius 3 is 2.56 bits per heavy atom. The van der Waals surface area contributed by atoms with E-state index in [9.17, 15) is 9.59 Å². The van der Waals surface area contributed by atoms with Crippen LogP contribution >= 0.6 is 0 Å². The van der Waals surface area contributed by atoms with Gasteiger partial charge in [-0.25, -0.2) is 0 Å². The lowest BCUT2D eigenvalue weighted by Crippen LogP contribution is -2.55. The van der Waals surface area contributed by atoms with Crippen LogP contribution in [0.15, 0.2) is 42.0 Å². The fourth-order valence-corrected chi connectivity index (χ4v) is 10.5. The van der Waals surface area contributed by atoms with Gasteiger partial charge >= 0.3 is 0 Å². The summed E-state index contributed by atoms with van der Waals surface area (Å²) in [6, 6.07) is 10.4. The first-order valence-corrected chi connectivity index (χ1v) is 15.6. The van der Waals surface area contributed by atoms with Gasteiger partial charge in [-0.05, 0) is 105 Å². The number of hydrogen-bond acceptors (Lipinski definition) is 3. The van der Waals surface area contributed by atoms with Crippen LogP contribution in [-0.2, 0) is 16.0 Å². The van der Waals surface area contributed by atoms with Crippen molar-refractivity contribution in [1.29, 1.82) is 0 Å². The SMILES string of the molecule is CC(=O)N[C@H](Cc1ccccc1)C(=O)N(C)[C@H]1CC[C@@]2(C)C(=CC[C@H]3[C@@H]4CC[C@@H]5[C@H](C)N(C)C[C@@]54CC[C@@H]32)C1. The summed E-state index contributed by atoms with van der Waals surface area (Å²) >= 11 is 0. The first-order valence-electron chi connectivity index (χ1n) is 15.6. The fourth-order valence-electron chi connectivity index (χ4n) is 10.5. The largest absolute Gasteiger partial charge is 0.344 e. The molecule has 0 aromatic heterocycles. The first kappa shape index (κ1) is 27.1. The number of likely N-dealkylation sites (N-methyl/N-ethyl adjacent to an activating group) is 1. The highest BCUT2D eigenvalue weighted by Gasteiger charge is 2.64. The van der Waals surface area contributed by atoms with Gasteiger partial charge < -0.3 is 15.1 Å². The number of carbonyl (C=O) groups is 2. The summed E-state index contributed by atoms with van der Waals surface area (Å²) < 4.78 is 0. The van der Waals surface area contributed by atoms with E-state index in [1.807, 2.05) is 42.3 Å². The molecule has 3 saturated carbocycles. The molecule has 6 rings (SSSR count). The van der Waals surface area contributed by atoms with E-state index in [4.69, 9.17) is 0 Å². The summed E-state index contributed by atoms with van der Waals surface area (Å²) in [7, 11) is 4.32. The van der Waals surface area contributed by atoms with Gasteiger partial charge in [-0.1, -0.05) is 48.9 Å². The van der Waals surface area contributed by atoms with Crippen molar-refractivity contribution in [2.24, 2.45) is 34.5 Å². The van der Waals surface area contributed by atoms with Crippen molar-refractivity contribution in [3.05, 3.63) is 47.5 Å². The van der Waals surface area contributed by atoms with Crippen LogP contribution in [0, 0.1) is 34.5 Å². The Kier molecular flexibility index (Phi) is 6.97. The zero-order valence-corrected chi connectivity index (χ0v) is 24.8. The third kappa shape index (κ3) is 4.38. The molecule has 1 heterocycles. The predicted molar refractivity (Wildman–Crippen MR) is 156 cm³/mol. The fraction of sp³-hybridized carbons (Fsp3) is 0.706. The molecule has 2 amide bonds. The number of amides is 2. The lowest BCUT2D eigenvalue weighted by molar-refractivity contribution is -0.137. The molecule has 39 heavy (non-hydrogen) atoms. The van der Waals surface area contributed by atoms with Crippen LogP contribution in [0.4, 0.5) is 0 Å². The van der Waals surface area contributed by atoms with Crippen molar-refractivity contribution in [3.8, 4) is 0 Å². The monoisotopic (exact) mass is 531 g/mol. The molecular weight excluding hydrogens is 482 g/mol. The van der Waals surface area contributed by atoms with Crippen LogP contribution in [0.25, 0.3) is 0 Å². The molecule has 0 unspecified atom stereocenters. The standard InChI is InChI=1S/C34H49N3O2/c1-22-28-13-14-30-27-12-11-25-20-26(15-17-33(25,3)29(27)16-18-34(28,30)21-36(22)4)37(5)32(39)31(35-23(2)38)19-24-9-7-6-8-10-24/h6-11,22,26-31H,12-21H2,1-5H3,(H,35,38)/t22-,26-,27+,28+,29-,30-,31+,33-,34-/m0/s1. The van der Waals surface area contributed by atoms with Crippen LogP contribution in [0.5, 0.6) is 0 Å². The molecule has 5 aliphatic rings. The zero-order chi connectivity index (χ0) is 27.5. The average molecular weight is 532 g/mol. The summed E-state index contributed by atoms with van der Waals surface area (Å²) in [5.74, 6) is 3.30. The van der Waals surface area contributed by atoms with Crippen LogP contribution in [0.1, 0.15) is 77.7 Å². The van der Waals surface area contributed by atoms with Gasteiger partial charge in [-0.2, -0.15) is 0 Å². The number of nitrogens with one attached hydrogen (secondary N) is 1. The maximum atomic E-state index is 13.7. The first-order chi connectivity index (χ1) is 18.6. The van der Waals surface area contributed by atoms with Crippen LogP contribution in [0.2, 0.25) is 0 Å². The van der Waals surface area contributed by atoms with E-state index >= 15 is 0 Å². The maximum absolute atomic E-state index is 13.7. The molecule has 1 spiro atoms. The number of fused-ring (bicyclic) bond motifs is 4. The Balaban J connectivity index is 1.17. The predicted octanol–water partition coefficient (Wildman–Crippen LogP) is 5.45. The molecular formula is C34H49N3O2. The molecule has 9 atom stereocenters. The molecule has 1 aromatic carbocycles. The maximum Gasteiger partial charge on any atom is 0.245 e. The molecule has 4 aliphatic carbocycles. The van der Waals surface area contributed by atoms with Gasteiger partial charge in [0.15, 0.2) is 0 Å². The van der Waals surface area contributed by atoms with Crippen molar-refractivity contribution in [3.63, 3.8) is 0 Å². The van der Waals surface area contributed by atoms with E-state index in [-0.39, 0.29) is 23.3 Å². The third-order valence-electron chi connectivity index (χ3n) is 12.5. The summed E-state index contributed by atoms with van der Waals surface area (Å²) in [6.07, 6.45) is 13.3. The van der Waals surface area contributed by atoms with Gasteiger partial charge in [0.05, 0.1) is 0 Å². The molecule has 1 aliphatic heterocycles. The van der Waals surface area contributed by atoms with Crippen molar-refractivity contribution in [2.45, 2.75) is 96.7 Å². The molecule has 0 radical (unpaired) electrons. The Morgan fingerprint density at radius 2 is 1.82 bits per heavy atom. The number of benzene rings is 1. The number of likely N-dealkylation sites (tertiary alicyclic amines) is 1. The summed E-state index contributed by atoms with van der Waals surface area (Å²) in [4.78, 5) is 30.3. The average Bonchev–Trinajstić information content (AvgIpc) is 3.40. The number of rotatable bonds is 5. The van der Waals surface area contributed by atoms with E-state index in [0.29, 0.717) is 11.8 Å². The van der Waals surface area contributed by atoms with E-state index in [0.717, 1.165) is 48.1 Å². The Bertz CT molecular complexity index is 1130. The van der Waals surface area contributed by atoms with Gasteiger partial charge in [0, 0.05) is 39.0 Å². The van der Waals surface area contributed by atoms with Crippen LogP contribution in [0.3, 0.4) is 0 Å². The molecule has 0 bridgehead atoms. The molecule has 1 saturated heterocycles. The van der Waals surface area contributed by atoms with E-state index in [2.05, 4.69) is 37.2 Å². The van der Waals surface area contributed by atoms with Gasteiger partial charge in [-0.15, -0.1) is 0 Å². The highest BCUT2D eigenvalue weighted by molar-refractivity contribution is 5.87. The molecule has 5 heteroatoms. The molecule has 212 valence electrons. The second-order valence-corrected chi connectivity index (χ2v) is 14.2. The Labute approximate surface area is 235 Å². The Morgan fingerprint density at radius 1 is 1.08 bits per heavy atom. The van der Waals surface area contributed by atoms with E-state index in [1.54, 1.807) is 5.57 Å². The quantitative estimate of drug-likeness (QED) is 0.514. The number of allylic oxidation sites excluding steroid dienone is 1. The molecule has 4 fully saturated rings. The summed E-state index contributed by atoms with van der Waals surface area (Å²) in [6.45, 7) is 7.86. The van der Waals surface area contributed by atoms with Crippen LogP contribution in [-0.4, -0.2) is 60.4 Å². The number of hydrogen-bond donors (Lipinski definition) is 1.